The first-order valence-electron chi connectivity index (χ1n) is 5.78. The van der Waals surface area contributed by atoms with Gasteiger partial charge in [0.1, 0.15) is 0 Å². The van der Waals surface area contributed by atoms with Crippen LogP contribution in [-0.2, 0) is 4.79 Å². The van der Waals surface area contributed by atoms with E-state index < -0.39 is 5.97 Å². The number of thioether (sulfide) groups is 1. The van der Waals surface area contributed by atoms with Crippen molar-refractivity contribution in [3.05, 3.63) is 29.3 Å². The first kappa shape index (κ1) is 14.6. The average Bonchev–Trinajstić information content (AvgIpc) is 2.34. The summed E-state index contributed by atoms with van der Waals surface area (Å²) in [4.78, 5) is 23.2. The molecule has 1 aromatic carbocycles. The number of hydrogen-bond donors (Lipinski definition) is 2. The Hall–Kier alpha value is -1.49. The molecule has 1 rings (SSSR count). The maximum absolute atomic E-state index is 11.4. The van der Waals surface area contributed by atoms with Crippen LogP contribution < -0.4 is 5.32 Å². The number of carbonyl (C=O) groups is 2. The molecular formula is C13H17NO3S. The number of carboxylic acid groups (broad SMARTS) is 1. The summed E-state index contributed by atoms with van der Waals surface area (Å²) in [6.07, 6.45) is 0.919. The lowest BCUT2D eigenvalue weighted by atomic mass is 10.1. The van der Waals surface area contributed by atoms with Gasteiger partial charge in [-0.15, -0.1) is 11.8 Å². The van der Waals surface area contributed by atoms with Crippen molar-refractivity contribution in [3.63, 3.8) is 0 Å². The van der Waals surface area contributed by atoms with Crippen LogP contribution in [0.5, 0.6) is 0 Å². The largest absolute Gasteiger partial charge is 0.478 e. The maximum Gasteiger partial charge on any atom is 0.335 e. The molecule has 1 amide bonds. The Labute approximate surface area is 111 Å². The summed E-state index contributed by atoms with van der Waals surface area (Å²) < 4.78 is 0. The Morgan fingerprint density at radius 2 is 2.11 bits per heavy atom. The summed E-state index contributed by atoms with van der Waals surface area (Å²) in [5.74, 6) is -0.577. The van der Waals surface area contributed by atoms with Crippen LogP contribution in [0.15, 0.2) is 23.1 Å². The molecule has 1 aromatic rings. The summed E-state index contributed by atoms with van der Waals surface area (Å²) in [6.45, 7) is 4.54. The molecule has 0 aromatic heterocycles. The van der Waals surface area contributed by atoms with E-state index in [9.17, 15) is 9.59 Å². The third-order valence-electron chi connectivity index (χ3n) is 2.35. The zero-order valence-electron chi connectivity index (χ0n) is 10.5. The highest BCUT2D eigenvalue weighted by Crippen LogP contribution is 2.23. The number of nitrogens with one attached hydrogen (secondary N) is 1. The van der Waals surface area contributed by atoms with Gasteiger partial charge in [-0.25, -0.2) is 4.79 Å². The normalized spacial score (nSPS) is 10.1. The summed E-state index contributed by atoms with van der Waals surface area (Å²) in [7, 11) is 0. The number of carboxylic acids is 1. The highest BCUT2D eigenvalue weighted by Gasteiger charge is 2.07. The van der Waals surface area contributed by atoms with Gasteiger partial charge < -0.3 is 10.4 Å². The zero-order chi connectivity index (χ0) is 13.5. The molecule has 0 spiro atoms. The van der Waals surface area contributed by atoms with Gasteiger partial charge in [-0.1, -0.05) is 6.92 Å². The minimum Gasteiger partial charge on any atom is -0.478 e. The fraction of sp³-hybridized carbons (Fsp3) is 0.385. The topological polar surface area (TPSA) is 66.4 Å². The molecule has 0 saturated carbocycles. The van der Waals surface area contributed by atoms with Gasteiger partial charge in [0, 0.05) is 11.4 Å². The highest BCUT2D eigenvalue weighted by molar-refractivity contribution is 8.00. The van der Waals surface area contributed by atoms with E-state index in [-0.39, 0.29) is 11.5 Å². The third kappa shape index (κ3) is 4.41. The predicted octanol–water partition coefficient (Wildman–Crippen LogP) is 2.31. The van der Waals surface area contributed by atoms with E-state index in [1.165, 1.54) is 11.8 Å². The van der Waals surface area contributed by atoms with Crippen molar-refractivity contribution < 1.29 is 14.7 Å². The average molecular weight is 267 g/mol. The van der Waals surface area contributed by atoms with E-state index in [1.54, 1.807) is 18.2 Å². The van der Waals surface area contributed by atoms with Gasteiger partial charge in [-0.05, 0) is 37.1 Å². The van der Waals surface area contributed by atoms with Gasteiger partial charge in [0.15, 0.2) is 0 Å². The fourth-order valence-corrected chi connectivity index (χ4v) is 2.24. The SMILES string of the molecule is CCCNC(=O)CSc1ccc(C(=O)O)cc1C. The molecule has 0 bridgehead atoms. The van der Waals surface area contributed by atoms with Crippen molar-refractivity contribution in [3.8, 4) is 0 Å². The molecule has 2 N–H and O–H groups in total. The van der Waals surface area contributed by atoms with E-state index in [2.05, 4.69) is 5.32 Å². The van der Waals surface area contributed by atoms with Crippen molar-refractivity contribution in [2.24, 2.45) is 0 Å². The van der Waals surface area contributed by atoms with E-state index >= 15 is 0 Å². The van der Waals surface area contributed by atoms with Crippen molar-refractivity contribution in [2.45, 2.75) is 25.2 Å². The first-order valence-corrected chi connectivity index (χ1v) is 6.76. The molecular weight excluding hydrogens is 250 g/mol. The second kappa shape index (κ2) is 7.06. The first-order chi connectivity index (χ1) is 8.54. The van der Waals surface area contributed by atoms with Crippen LogP contribution in [0.25, 0.3) is 0 Å². The van der Waals surface area contributed by atoms with Crippen LogP contribution in [0.3, 0.4) is 0 Å². The van der Waals surface area contributed by atoms with Crippen LogP contribution in [0.2, 0.25) is 0 Å². The molecule has 0 saturated heterocycles. The van der Waals surface area contributed by atoms with E-state index in [4.69, 9.17) is 5.11 Å². The number of aryl methyl sites for hydroxylation is 1. The molecule has 0 aliphatic carbocycles. The lowest BCUT2D eigenvalue weighted by molar-refractivity contribution is -0.118. The standard InChI is InChI=1S/C13H17NO3S/c1-3-6-14-12(15)8-18-11-5-4-10(13(16)17)7-9(11)2/h4-5,7H,3,6,8H2,1-2H3,(H,14,15)(H,16,17). The molecule has 0 heterocycles. The second-order valence-electron chi connectivity index (χ2n) is 3.92. The molecule has 5 heteroatoms. The number of amides is 1. The van der Waals surface area contributed by atoms with Crippen molar-refractivity contribution in [1.82, 2.24) is 5.32 Å². The lowest BCUT2D eigenvalue weighted by Gasteiger charge is -2.07. The van der Waals surface area contributed by atoms with Crippen LogP contribution in [0, 0.1) is 6.92 Å². The van der Waals surface area contributed by atoms with E-state index in [0.717, 1.165) is 16.9 Å². The highest BCUT2D eigenvalue weighted by atomic mass is 32.2. The summed E-state index contributed by atoms with van der Waals surface area (Å²) in [5, 5.41) is 11.6. The van der Waals surface area contributed by atoms with Gasteiger partial charge in [-0.3, -0.25) is 4.79 Å². The molecule has 98 valence electrons. The van der Waals surface area contributed by atoms with Crippen LogP contribution in [0.1, 0.15) is 29.3 Å². The Bertz CT molecular complexity index is 446. The van der Waals surface area contributed by atoms with Crippen molar-refractivity contribution in [2.75, 3.05) is 12.3 Å². The minimum atomic E-state index is -0.935. The molecule has 0 atom stereocenters. The van der Waals surface area contributed by atoms with Crippen molar-refractivity contribution >= 4 is 23.6 Å². The quantitative estimate of drug-likeness (QED) is 0.776. The Morgan fingerprint density at radius 3 is 2.67 bits per heavy atom. The summed E-state index contributed by atoms with van der Waals surface area (Å²) in [6, 6.07) is 4.92. The van der Waals surface area contributed by atoms with Crippen LogP contribution in [0.4, 0.5) is 0 Å². The van der Waals surface area contributed by atoms with E-state index in [0.29, 0.717) is 12.3 Å². The summed E-state index contributed by atoms with van der Waals surface area (Å²) in [5.41, 5.74) is 1.15. The number of benzene rings is 1. The number of carbonyl (C=O) groups excluding carboxylic acids is 1. The maximum atomic E-state index is 11.4. The van der Waals surface area contributed by atoms with Crippen LogP contribution in [-0.4, -0.2) is 29.3 Å². The number of aromatic carboxylic acids is 1. The summed E-state index contributed by atoms with van der Waals surface area (Å²) >= 11 is 1.42. The van der Waals surface area contributed by atoms with E-state index in [1.807, 2.05) is 13.8 Å². The second-order valence-corrected chi connectivity index (χ2v) is 4.94. The molecule has 0 aliphatic rings. The molecule has 4 nitrogen and oxygen atoms in total. The fourth-order valence-electron chi connectivity index (χ4n) is 1.40. The smallest absolute Gasteiger partial charge is 0.335 e. The molecule has 18 heavy (non-hydrogen) atoms. The predicted molar refractivity (Wildman–Crippen MR) is 72.2 cm³/mol. The van der Waals surface area contributed by atoms with Gasteiger partial charge in [0.05, 0.1) is 11.3 Å². The molecule has 0 radical (unpaired) electrons. The third-order valence-corrected chi connectivity index (χ3v) is 3.53. The molecule has 0 aliphatic heterocycles. The molecule has 0 unspecified atom stereocenters. The van der Waals surface area contributed by atoms with Crippen LogP contribution >= 0.6 is 11.8 Å². The van der Waals surface area contributed by atoms with Gasteiger partial charge >= 0.3 is 5.97 Å². The van der Waals surface area contributed by atoms with Gasteiger partial charge in [0.25, 0.3) is 0 Å². The Kier molecular flexibility index (Phi) is 5.71. The monoisotopic (exact) mass is 267 g/mol. The molecule has 0 fully saturated rings. The lowest BCUT2D eigenvalue weighted by Crippen LogP contribution is -2.25. The minimum absolute atomic E-state index is 0.00330. The van der Waals surface area contributed by atoms with Crippen molar-refractivity contribution in [1.29, 1.82) is 0 Å². The zero-order valence-corrected chi connectivity index (χ0v) is 11.3. The number of hydrogen-bond acceptors (Lipinski definition) is 3. The number of rotatable bonds is 6. The Morgan fingerprint density at radius 1 is 1.39 bits per heavy atom. The van der Waals surface area contributed by atoms with Gasteiger partial charge in [-0.2, -0.15) is 0 Å². The Balaban J connectivity index is 2.58. The van der Waals surface area contributed by atoms with Gasteiger partial charge in [0.2, 0.25) is 5.91 Å².